The number of nitrogens with zero attached hydrogens (tertiary/aromatic N) is 4. The molecule has 0 heterocycles. The molecule has 11 heteroatoms. The third-order valence-corrected chi connectivity index (χ3v) is 4.27. The zero-order chi connectivity index (χ0) is 16.0. The Morgan fingerprint density at radius 2 is 0.952 bits per heavy atom. The van der Waals surface area contributed by atoms with E-state index in [9.17, 15) is 0 Å². The van der Waals surface area contributed by atoms with Crippen LogP contribution in [0.4, 0.5) is 0 Å². The van der Waals surface area contributed by atoms with Crippen molar-refractivity contribution in [1.29, 1.82) is 0 Å². The first-order valence-electron chi connectivity index (χ1n) is 5.49. The van der Waals surface area contributed by atoms with E-state index in [2.05, 4.69) is 0 Å². The van der Waals surface area contributed by atoms with Crippen LogP contribution in [0.25, 0.3) is 0 Å². The molecule has 0 rings (SSSR count). The third-order valence-electron chi connectivity index (χ3n) is 2.21. The van der Waals surface area contributed by atoms with Gasteiger partial charge in [-0.15, -0.1) is 0 Å². The van der Waals surface area contributed by atoms with Gasteiger partial charge in [-0.2, -0.15) is 0 Å². The second kappa shape index (κ2) is 11.1. The van der Waals surface area contributed by atoms with Gasteiger partial charge in [0.05, 0.1) is 0 Å². The quantitative estimate of drug-likeness (QED) is 0.356. The van der Waals surface area contributed by atoms with E-state index in [1.54, 1.807) is 19.6 Å². The van der Waals surface area contributed by atoms with Gasteiger partial charge in [0.25, 0.3) is 0 Å². The van der Waals surface area contributed by atoms with Gasteiger partial charge < -0.3 is 69.3 Å². The largest absolute Gasteiger partial charge is 2.00 e. The Hall–Kier alpha value is 0.519. The van der Waals surface area contributed by atoms with Gasteiger partial charge in [-0.05, 0) is 24.4 Å². The Kier molecular flexibility index (Phi) is 12.6. The van der Waals surface area contributed by atoms with E-state index in [-0.39, 0.29) is 25.7 Å². The molecule has 0 bridgehead atoms. The number of rotatable bonds is 3. The van der Waals surface area contributed by atoms with Gasteiger partial charge >= 0.3 is 17.1 Å². The summed E-state index contributed by atoms with van der Waals surface area (Å²) in [5, 5.41) is 1.10. The molecule has 0 saturated heterocycles. The van der Waals surface area contributed by atoms with Crippen LogP contribution in [-0.2, 0) is 42.3 Å². The van der Waals surface area contributed by atoms with Crippen LogP contribution in [0.3, 0.4) is 0 Å². The van der Waals surface area contributed by atoms with Gasteiger partial charge in [-0.1, -0.05) is 8.64 Å². The van der Waals surface area contributed by atoms with Crippen molar-refractivity contribution in [2.45, 2.75) is 0 Å². The summed E-state index contributed by atoms with van der Waals surface area (Å²) >= 11 is 30.8. The zero-order valence-electron chi connectivity index (χ0n) is 12.0. The van der Waals surface area contributed by atoms with Crippen LogP contribution in [-0.4, -0.2) is 79.7 Å². The van der Waals surface area contributed by atoms with Gasteiger partial charge in [0.1, 0.15) is 0 Å². The molecule has 1 radical (unpaired) electrons. The van der Waals surface area contributed by atoms with Gasteiger partial charge in [-0.3, -0.25) is 0 Å². The van der Waals surface area contributed by atoms with Crippen molar-refractivity contribution in [1.82, 2.24) is 19.6 Å². The molecule has 0 atom stereocenters. The molecule has 0 aliphatic rings. The van der Waals surface area contributed by atoms with Crippen molar-refractivity contribution in [2.75, 3.05) is 41.3 Å². The van der Waals surface area contributed by atoms with Crippen molar-refractivity contribution in [2.24, 2.45) is 0 Å². The maximum Gasteiger partial charge on any atom is 2.00 e. The Morgan fingerprint density at radius 3 is 1.10 bits per heavy atom. The molecule has 119 valence electrons. The maximum absolute atomic E-state index is 5.29. The molecule has 0 fully saturated rings. The summed E-state index contributed by atoms with van der Waals surface area (Å²) in [4.78, 5) is 6.90. The van der Waals surface area contributed by atoms with Gasteiger partial charge in [0.15, 0.2) is 10.2 Å². The molecule has 0 aromatic rings. The summed E-state index contributed by atoms with van der Waals surface area (Å²) in [6.45, 7) is 0.953. The number of hydrogen-bond donors (Lipinski definition) is 0. The van der Waals surface area contributed by atoms with Crippen LogP contribution in [0.1, 0.15) is 0 Å². The van der Waals surface area contributed by atoms with Crippen molar-refractivity contribution < 1.29 is 17.1 Å². The topological polar surface area (TPSA) is 13.0 Å². The summed E-state index contributed by atoms with van der Waals surface area (Å²) in [5.74, 6) is 0. The molecular formula is C10H16MnN4S6. The Morgan fingerprint density at radius 1 is 0.714 bits per heavy atom. The van der Waals surface area contributed by atoms with Crippen molar-refractivity contribution in [3.05, 3.63) is 0 Å². The molecular weight excluding hydrogens is 423 g/mol. The molecule has 0 aliphatic carbocycles. The van der Waals surface area contributed by atoms with Crippen molar-refractivity contribution in [3.8, 4) is 0 Å². The SMILES string of the molecule is CN(C)C(=S)N(CCN(C(=S)[S-])C(=S)N(C)C)C(=S)[S-].[Mn+2]. The second-order valence-corrected chi connectivity index (χ2v) is 6.98. The molecule has 4 nitrogen and oxygen atoms in total. The van der Waals surface area contributed by atoms with E-state index in [1.165, 1.54) is 0 Å². The Bertz CT molecular complexity index is 376. The first-order valence-corrected chi connectivity index (χ1v) is 7.94. The summed E-state index contributed by atoms with van der Waals surface area (Å²) in [5.41, 5.74) is 0. The summed E-state index contributed by atoms with van der Waals surface area (Å²) in [6, 6.07) is 0. The average Bonchev–Trinajstić information content (AvgIpc) is 2.31. The summed E-state index contributed by atoms with van der Waals surface area (Å²) in [7, 11) is 7.34. The Labute approximate surface area is 169 Å². The van der Waals surface area contributed by atoms with E-state index in [4.69, 9.17) is 74.1 Å². The van der Waals surface area contributed by atoms with E-state index in [0.29, 0.717) is 23.3 Å². The maximum atomic E-state index is 5.29. The molecule has 0 unspecified atom stereocenters. The molecule has 0 N–H and O–H groups in total. The van der Waals surface area contributed by atoms with Crippen LogP contribution < -0.4 is 0 Å². The average molecular weight is 440 g/mol. The minimum absolute atomic E-state index is 0. The molecule has 0 aliphatic heterocycles. The second-order valence-electron chi connectivity index (χ2n) is 4.19. The molecule has 0 amide bonds. The van der Waals surface area contributed by atoms with Crippen molar-refractivity contribution in [3.63, 3.8) is 0 Å². The van der Waals surface area contributed by atoms with E-state index < -0.39 is 0 Å². The molecule has 21 heavy (non-hydrogen) atoms. The smallest absolute Gasteiger partial charge is 0.411 e. The first-order chi connectivity index (χ1) is 9.09. The van der Waals surface area contributed by atoms with Crippen molar-refractivity contribution >= 4 is 93.0 Å². The van der Waals surface area contributed by atoms with Gasteiger partial charge in [0.2, 0.25) is 0 Å². The van der Waals surface area contributed by atoms with Gasteiger partial charge in [0, 0.05) is 41.3 Å². The fourth-order valence-electron chi connectivity index (χ4n) is 1.21. The fraction of sp³-hybridized carbons (Fsp3) is 0.600. The van der Waals surface area contributed by atoms with Crippen LogP contribution in [0.2, 0.25) is 0 Å². The predicted octanol–water partition coefficient (Wildman–Crippen LogP) is 0.945. The minimum Gasteiger partial charge on any atom is -0.411 e. The standard InChI is InChI=1S/C10H18N4S6.Mn/c1-11(2)7(15)13(9(17)18)5-6-14(10(19)20)8(16)12(3)4;/h5-6H2,1-4H3,(H,17,18)(H,19,20);/q;+2/p-2. The predicted molar refractivity (Wildman–Crippen MR) is 106 cm³/mol. The molecule has 0 aromatic carbocycles. The fourth-order valence-corrected chi connectivity index (χ4v) is 2.52. The van der Waals surface area contributed by atoms with E-state index in [1.807, 2.05) is 28.2 Å². The van der Waals surface area contributed by atoms with Crippen LogP contribution >= 0.6 is 48.9 Å². The van der Waals surface area contributed by atoms with Gasteiger partial charge in [-0.25, -0.2) is 0 Å². The number of hydrogen-bond acceptors (Lipinski definition) is 6. The molecule has 0 aromatic heterocycles. The van der Waals surface area contributed by atoms with E-state index in [0.717, 1.165) is 0 Å². The molecule has 0 saturated carbocycles. The van der Waals surface area contributed by atoms with Crippen LogP contribution in [0, 0.1) is 0 Å². The van der Waals surface area contributed by atoms with Crippen LogP contribution in [0.15, 0.2) is 0 Å². The monoisotopic (exact) mass is 439 g/mol. The molecule has 0 spiro atoms. The third kappa shape index (κ3) is 8.08. The normalized spacial score (nSPS) is 9.14. The summed E-state index contributed by atoms with van der Waals surface area (Å²) < 4.78 is 0.574. The number of thiocarbonyl (C=S) groups is 4. The summed E-state index contributed by atoms with van der Waals surface area (Å²) in [6.07, 6.45) is 0. The first kappa shape index (κ1) is 23.8. The van der Waals surface area contributed by atoms with E-state index >= 15 is 0 Å². The van der Waals surface area contributed by atoms with Crippen LogP contribution in [0.5, 0.6) is 0 Å². The minimum atomic E-state index is 0. The zero-order valence-corrected chi connectivity index (χ0v) is 18.1. The Balaban J connectivity index is 0.